The van der Waals surface area contributed by atoms with E-state index in [1.807, 2.05) is 36.4 Å². The fourth-order valence-electron chi connectivity index (χ4n) is 3.27. The molecule has 1 aliphatic heterocycles. The van der Waals surface area contributed by atoms with E-state index in [9.17, 15) is 8.42 Å². The fraction of sp³-hybridized carbons (Fsp3) is 0.318. The monoisotopic (exact) mass is 540 g/mol. The van der Waals surface area contributed by atoms with Crippen molar-refractivity contribution in [1.82, 2.24) is 14.9 Å². The van der Waals surface area contributed by atoms with Gasteiger partial charge in [-0.25, -0.2) is 13.1 Å². The first-order valence-electron chi connectivity index (χ1n) is 9.79. The maximum Gasteiger partial charge on any atom is 0.213 e. The zero-order valence-electron chi connectivity index (χ0n) is 17.1. The summed E-state index contributed by atoms with van der Waals surface area (Å²) in [6.07, 6.45) is 3.14. The van der Waals surface area contributed by atoms with Gasteiger partial charge in [0.15, 0.2) is 5.96 Å². The van der Waals surface area contributed by atoms with Crippen molar-refractivity contribution >= 4 is 45.5 Å². The number of nitrogens with one attached hydrogen (secondary N) is 2. The highest BCUT2D eigenvalue weighted by Gasteiger charge is 2.17. The van der Waals surface area contributed by atoms with Gasteiger partial charge in [-0.1, -0.05) is 66.7 Å². The Labute approximate surface area is 196 Å². The van der Waals surface area contributed by atoms with Crippen LogP contribution in [0, 0.1) is 0 Å². The van der Waals surface area contributed by atoms with E-state index in [1.54, 1.807) is 7.05 Å². The number of hydrogen-bond acceptors (Lipinski definition) is 3. The maximum atomic E-state index is 12.2. The molecule has 0 unspecified atom stereocenters. The first-order valence-corrected chi connectivity index (χ1v) is 11.4. The Hall–Kier alpha value is -1.91. The van der Waals surface area contributed by atoms with Crippen LogP contribution in [0.1, 0.15) is 17.5 Å². The van der Waals surface area contributed by atoms with E-state index < -0.39 is 10.0 Å². The molecule has 0 aliphatic carbocycles. The van der Waals surface area contributed by atoms with Crippen LogP contribution >= 0.6 is 24.0 Å². The third kappa shape index (κ3) is 7.41. The second-order valence-corrected chi connectivity index (χ2v) is 8.82. The van der Waals surface area contributed by atoms with Crippen LogP contribution in [0.25, 0.3) is 5.57 Å². The molecule has 3 rings (SSSR count). The van der Waals surface area contributed by atoms with Gasteiger partial charge in [-0.05, 0) is 23.1 Å². The van der Waals surface area contributed by atoms with Gasteiger partial charge in [0.05, 0.1) is 5.75 Å². The van der Waals surface area contributed by atoms with Gasteiger partial charge in [0.2, 0.25) is 10.0 Å². The molecule has 6 nitrogen and oxygen atoms in total. The molecule has 2 N–H and O–H groups in total. The second-order valence-electron chi connectivity index (χ2n) is 6.89. The molecule has 162 valence electrons. The van der Waals surface area contributed by atoms with E-state index in [4.69, 9.17) is 0 Å². The van der Waals surface area contributed by atoms with Crippen LogP contribution < -0.4 is 10.0 Å². The number of benzene rings is 2. The summed E-state index contributed by atoms with van der Waals surface area (Å²) in [5.41, 5.74) is 3.53. The number of rotatable bonds is 7. The first kappa shape index (κ1) is 24.4. The summed E-state index contributed by atoms with van der Waals surface area (Å²) in [5.74, 6) is 0.726. The Morgan fingerprint density at radius 3 is 2.33 bits per heavy atom. The number of aliphatic imine (C=N–C) groups is 1. The summed E-state index contributed by atoms with van der Waals surface area (Å²) in [4.78, 5) is 6.44. The standard InChI is InChI=1S/C22H28N4O2S.HI/c1-23-22(26-15-12-21(13-16-26)20-10-6-3-7-11-20)24-14-17-29(27,28)25-18-19-8-4-2-5-9-19;/h2-12,25H,13-18H2,1H3,(H,23,24);1H. The molecule has 1 heterocycles. The van der Waals surface area contributed by atoms with Crippen molar-refractivity contribution in [2.45, 2.75) is 13.0 Å². The van der Waals surface area contributed by atoms with Crippen molar-refractivity contribution < 1.29 is 8.42 Å². The van der Waals surface area contributed by atoms with Gasteiger partial charge in [0.1, 0.15) is 0 Å². The van der Waals surface area contributed by atoms with Crippen molar-refractivity contribution in [2.75, 3.05) is 32.4 Å². The van der Waals surface area contributed by atoms with Gasteiger partial charge in [-0.15, -0.1) is 24.0 Å². The summed E-state index contributed by atoms with van der Waals surface area (Å²) < 4.78 is 27.1. The lowest BCUT2D eigenvalue weighted by molar-refractivity contribution is 0.441. The topological polar surface area (TPSA) is 73.8 Å². The zero-order valence-corrected chi connectivity index (χ0v) is 20.3. The van der Waals surface area contributed by atoms with Gasteiger partial charge in [-0.3, -0.25) is 4.99 Å². The minimum Gasteiger partial charge on any atom is -0.355 e. The van der Waals surface area contributed by atoms with E-state index in [0.29, 0.717) is 13.1 Å². The quantitative estimate of drug-likeness (QED) is 0.322. The highest BCUT2D eigenvalue weighted by Crippen LogP contribution is 2.21. The molecule has 0 amide bonds. The predicted octanol–water partition coefficient (Wildman–Crippen LogP) is 3.09. The molecule has 8 heteroatoms. The van der Waals surface area contributed by atoms with Gasteiger partial charge >= 0.3 is 0 Å². The Balaban J connectivity index is 0.00000320. The van der Waals surface area contributed by atoms with Crippen LogP contribution in [0.2, 0.25) is 0 Å². The third-order valence-corrected chi connectivity index (χ3v) is 6.18. The minimum atomic E-state index is -3.36. The molecule has 0 atom stereocenters. The van der Waals surface area contributed by atoms with Crippen LogP contribution in [-0.2, 0) is 16.6 Å². The summed E-state index contributed by atoms with van der Waals surface area (Å²) in [6.45, 7) is 2.21. The molecule has 1 aliphatic rings. The fourth-order valence-corrected chi connectivity index (χ4v) is 4.17. The minimum absolute atomic E-state index is 0. The number of sulfonamides is 1. The van der Waals surface area contributed by atoms with E-state index in [-0.39, 0.29) is 29.7 Å². The average Bonchev–Trinajstić information content (AvgIpc) is 2.77. The highest BCUT2D eigenvalue weighted by molar-refractivity contribution is 14.0. The van der Waals surface area contributed by atoms with E-state index in [0.717, 1.165) is 31.0 Å². The molecular formula is C22H29IN4O2S. The van der Waals surface area contributed by atoms with Crippen molar-refractivity contribution in [3.05, 3.63) is 77.9 Å². The molecule has 0 bridgehead atoms. The molecule has 0 radical (unpaired) electrons. The van der Waals surface area contributed by atoms with E-state index >= 15 is 0 Å². The van der Waals surface area contributed by atoms with Crippen LogP contribution in [0.5, 0.6) is 0 Å². The third-order valence-electron chi connectivity index (χ3n) is 4.86. The predicted molar refractivity (Wildman–Crippen MR) is 134 cm³/mol. The lowest BCUT2D eigenvalue weighted by Gasteiger charge is -2.29. The first-order chi connectivity index (χ1) is 14.1. The zero-order chi connectivity index (χ0) is 20.5. The smallest absolute Gasteiger partial charge is 0.213 e. The Morgan fingerprint density at radius 1 is 1.07 bits per heavy atom. The number of nitrogens with zero attached hydrogens (tertiary/aromatic N) is 2. The molecular weight excluding hydrogens is 511 g/mol. The average molecular weight is 540 g/mol. The van der Waals surface area contributed by atoms with Crippen LogP contribution in [0.15, 0.2) is 71.7 Å². The number of halogens is 1. The van der Waals surface area contributed by atoms with Crippen molar-refractivity contribution in [2.24, 2.45) is 4.99 Å². The van der Waals surface area contributed by atoms with Gasteiger partial charge in [0.25, 0.3) is 0 Å². The van der Waals surface area contributed by atoms with Crippen molar-refractivity contribution in [3.63, 3.8) is 0 Å². The lowest BCUT2D eigenvalue weighted by Crippen LogP contribution is -2.45. The summed E-state index contributed by atoms with van der Waals surface area (Å²) >= 11 is 0. The number of hydrogen-bond donors (Lipinski definition) is 2. The summed E-state index contributed by atoms with van der Waals surface area (Å²) in [6, 6.07) is 19.9. The Bertz CT molecular complexity index is 948. The largest absolute Gasteiger partial charge is 0.355 e. The van der Waals surface area contributed by atoms with Gasteiger partial charge in [-0.2, -0.15) is 0 Å². The second kappa shape index (κ2) is 12.1. The molecule has 30 heavy (non-hydrogen) atoms. The van der Waals surface area contributed by atoms with Crippen molar-refractivity contribution in [1.29, 1.82) is 0 Å². The summed E-state index contributed by atoms with van der Waals surface area (Å²) in [5, 5.41) is 3.18. The molecule has 0 saturated carbocycles. The van der Waals surface area contributed by atoms with Crippen LogP contribution in [-0.4, -0.2) is 51.7 Å². The summed E-state index contributed by atoms with van der Waals surface area (Å²) in [7, 11) is -1.63. The van der Waals surface area contributed by atoms with Gasteiger partial charge < -0.3 is 10.2 Å². The van der Waals surface area contributed by atoms with E-state index in [1.165, 1.54) is 11.1 Å². The molecule has 0 aromatic heterocycles. The number of guanidine groups is 1. The van der Waals surface area contributed by atoms with Crippen LogP contribution in [0.4, 0.5) is 0 Å². The van der Waals surface area contributed by atoms with Gasteiger partial charge in [0, 0.05) is 33.2 Å². The highest BCUT2D eigenvalue weighted by atomic mass is 127. The SMILES string of the molecule is CN=C(NCCS(=O)(=O)NCc1ccccc1)N1CC=C(c2ccccc2)CC1.I. The lowest BCUT2D eigenvalue weighted by atomic mass is 10.00. The molecule has 0 spiro atoms. The van der Waals surface area contributed by atoms with Crippen molar-refractivity contribution in [3.8, 4) is 0 Å². The van der Waals surface area contributed by atoms with E-state index in [2.05, 4.69) is 50.3 Å². The molecule has 2 aromatic carbocycles. The Kier molecular flexibility index (Phi) is 9.80. The maximum absolute atomic E-state index is 12.2. The van der Waals surface area contributed by atoms with Crippen LogP contribution in [0.3, 0.4) is 0 Å². The molecule has 2 aromatic rings. The normalized spacial score (nSPS) is 14.6. The Morgan fingerprint density at radius 2 is 1.73 bits per heavy atom. The molecule has 0 saturated heterocycles. The molecule has 0 fully saturated rings.